The molecular weight excluding hydrogens is 257 g/mol. The molecule has 102 valence electrons. The zero-order valence-electron chi connectivity index (χ0n) is 10.3. The first-order chi connectivity index (χ1) is 8.90. The molecule has 1 fully saturated rings. The van der Waals surface area contributed by atoms with Crippen molar-refractivity contribution in [2.24, 2.45) is 0 Å². The molecule has 0 radical (unpaired) electrons. The summed E-state index contributed by atoms with van der Waals surface area (Å²) in [6, 6.07) is 1.81. The van der Waals surface area contributed by atoms with E-state index in [1.807, 2.05) is 13.0 Å². The monoisotopic (exact) mass is 270 g/mol. The predicted octanol–water partition coefficient (Wildman–Crippen LogP) is 2.22. The summed E-state index contributed by atoms with van der Waals surface area (Å²) in [5, 5.41) is 6.78. The number of rotatable bonds is 3. The fourth-order valence-corrected chi connectivity index (χ4v) is 2.08. The van der Waals surface area contributed by atoms with Crippen LogP contribution in [-0.2, 0) is 6.54 Å². The van der Waals surface area contributed by atoms with Crippen molar-refractivity contribution in [3.63, 3.8) is 0 Å². The lowest BCUT2D eigenvalue weighted by Crippen LogP contribution is -2.44. The molecule has 2 aromatic rings. The minimum atomic E-state index is -4.19. The Morgan fingerprint density at radius 3 is 2.79 bits per heavy atom. The largest absolute Gasteiger partial charge is 0.406 e. The van der Waals surface area contributed by atoms with Gasteiger partial charge in [-0.2, -0.15) is 18.3 Å². The maximum Gasteiger partial charge on any atom is 0.406 e. The van der Waals surface area contributed by atoms with E-state index in [1.54, 1.807) is 16.9 Å². The van der Waals surface area contributed by atoms with Crippen molar-refractivity contribution in [1.29, 1.82) is 0 Å². The second-order valence-electron chi connectivity index (χ2n) is 4.98. The summed E-state index contributed by atoms with van der Waals surface area (Å²) < 4.78 is 39.9. The van der Waals surface area contributed by atoms with Gasteiger partial charge in [-0.25, -0.2) is 9.50 Å². The van der Waals surface area contributed by atoms with Gasteiger partial charge in [0.2, 0.25) is 0 Å². The van der Waals surface area contributed by atoms with Crippen LogP contribution in [0.2, 0.25) is 0 Å². The molecule has 0 amide bonds. The summed E-state index contributed by atoms with van der Waals surface area (Å²) >= 11 is 0. The van der Waals surface area contributed by atoms with Crippen molar-refractivity contribution in [2.45, 2.75) is 38.0 Å². The van der Waals surface area contributed by atoms with Gasteiger partial charge in [0.25, 0.3) is 0 Å². The van der Waals surface area contributed by atoms with Gasteiger partial charge in [-0.3, -0.25) is 5.32 Å². The third-order valence-electron chi connectivity index (χ3n) is 3.41. The Morgan fingerprint density at radius 1 is 1.42 bits per heavy atom. The molecule has 0 atom stereocenters. The fourth-order valence-electron chi connectivity index (χ4n) is 2.08. The number of aromatic nitrogens is 3. The Hall–Kier alpha value is -1.63. The molecule has 7 heteroatoms. The van der Waals surface area contributed by atoms with Crippen LogP contribution in [-0.4, -0.2) is 26.3 Å². The van der Waals surface area contributed by atoms with E-state index in [9.17, 15) is 13.2 Å². The van der Waals surface area contributed by atoms with Crippen LogP contribution in [0, 0.1) is 6.92 Å². The summed E-state index contributed by atoms with van der Waals surface area (Å²) in [6.07, 6.45) is -0.613. The third kappa shape index (κ3) is 2.18. The Labute approximate surface area is 107 Å². The molecule has 0 aromatic carbocycles. The molecule has 0 aliphatic heterocycles. The van der Waals surface area contributed by atoms with Crippen LogP contribution in [0.1, 0.15) is 24.1 Å². The van der Waals surface area contributed by atoms with Gasteiger partial charge in [-0.05, 0) is 19.8 Å². The minimum Gasteiger partial charge on any atom is -0.299 e. The molecular formula is C12H13F3N4. The maximum absolute atomic E-state index is 12.8. The minimum absolute atomic E-state index is 0.140. The van der Waals surface area contributed by atoms with Gasteiger partial charge in [0, 0.05) is 30.6 Å². The smallest absolute Gasteiger partial charge is 0.299 e. The highest BCUT2D eigenvalue weighted by Crippen LogP contribution is 2.49. The van der Waals surface area contributed by atoms with Gasteiger partial charge in [0.1, 0.15) is 5.54 Å². The summed E-state index contributed by atoms with van der Waals surface area (Å²) in [4.78, 5) is 4.16. The van der Waals surface area contributed by atoms with Crippen molar-refractivity contribution in [3.8, 4) is 0 Å². The van der Waals surface area contributed by atoms with Gasteiger partial charge in [-0.15, -0.1) is 0 Å². The molecule has 1 aliphatic rings. The van der Waals surface area contributed by atoms with Crippen LogP contribution in [0.5, 0.6) is 0 Å². The average molecular weight is 270 g/mol. The zero-order chi connectivity index (χ0) is 13.7. The molecule has 2 aromatic heterocycles. The molecule has 1 N–H and O–H groups in total. The summed E-state index contributed by atoms with van der Waals surface area (Å²) in [5.41, 5.74) is 0.512. The quantitative estimate of drug-likeness (QED) is 0.930. The fraction of sp³-hybridized carbons (Fsp3) is 0.500. The SMILES string of the molecule is Cc1cc2ncc(CNC3(C(F)(F)F)CC3)cn2n1. The summed E-state index contributed by atoms with van der Waals surface area (Å²) in [6.45, 7) is 1.98. The van der Waals surface area contributed by atoms with Gasteiger partial charge >= 0.3 is 6.18 Å². The van der Waals surface area contributed by atoms with E-state index in [1.165, 1.54) is 0 Å². The van der Waals surface area contributed by atoms with Gasteiger partial charge < -0.3 is 0 Å². The van der Waals surface area contributed by atoms with E-state index in [4.69, 9.17) is 0 Å². The molecule has 0 bridgehead atoms. The van der Waals surface area contributed by atoms with Crippen molar-refractivity contribution >= 4 is 5.65 Å². The maximum atomic E-state index is 12.8. The van der Waals surface area contributed by atoms with Gasteiger partial charge in [-0.1, -0.05) is 0 Å². The molecule has 19 heavy (non-hydrogen) atoms. The number of hydrogen-bond donors (Lipinski definition) is 1. The second-order valence-corrected chi connectivity index (χ2v) is 4.98. The highest BCUT2D eigenvalue weighted by molar-refractivity contribution is 5.38. The lowest BCUT2D eigenvalue weighted by atomic mass is 10.2. The lowest BCUT2D eigenvalue weighted by molar-refractivity contribution is -0.166. The molecule has 1 saturated carbocycles. The molecule has 2 heterocycles. The van der Waals surface area contributed by atoms with E-state index >= 15 is 0 Å². The molecule has 0 unspecified atom stereocenters. The van der Waals surface area contributed by atoms with Crippen molar-refractivity contribution in [3.05, 3.63) is 29.7 Å². The number of aryl methyl sites for hydroxylation is 1. The number of nitrogens with one attached hydrogen (secondary N) is 1. The Balaban J connectivity index is 1.75. The molecule has 1 aliphatic carbocycles. The Bertz CT molecular complexity index is 613. The van der Waals surface area contributed by atoms with Crippen LogP contribution < -0.4 is 5.32 Å². The Morgan fingerprint density at radius 2 is 2.16 bits per heavy atom. The topological polar surface area (TPSA) is 42.2 Å². The number of alkyl halides is 3. The van der Waals surface area contributed by atoms with E-state index < -0.39 is 11.7 Å². The zero-order valence-corrected chi connectivity index (χ0v) is 10.3. The summed E-state index contributed by atoms with van der Waals surface area (Å²) in [7, 11) is 0. The first-order valence-corrected chi connectivity index (χ1v) is 6.02. The van der Waals surface area contributed by atoms with Crippen molar-refractivity contribution in [1.82, 2.24) is 19.9 Å². The normalized spacial score (nSPS) is 17.9. The molecule has 0 saturated heterocycles. The first-order valence-electron chi connectivity index (χ1n) is 6.02. The van der Waals surface area contributed by atoms with Crippen LogP contribution >= 0.6 is 0 Å². The van der Waals surface area contributed by atoms with Crippen LogP contribution in [0.4, 0.5) is 13.2 Å². The highest BCUT2D eigenvalue weighted by Gasteiger charge is 2.62. The van der Waals surface area contributed by atoms with Gasteiger partial charge in [0.15, 0.2) is 5.65 Å². The van der Waals surface area contributed by atoms with Gasteiger partial charge in [0.05, 0.1) is 5.69 Å². The van der Waals surface area contributed by atoms with Crippen molar-refractivity contribution in [2.75, 3.05) is 0 Å². The molecule has 3 rings (SSSR count). The van der Waals surface area contributed by atoms with E-state index in [0.29, 0.717) is 11.2 Å². The van der Waals surface area contributed by atoms with Crippen LogP contribution in [0.3, 0.4) is 0 Å². The second kappa shape index (κ2) is 3.93. The lowest BCUT2D eigenvalue weighted by Gasteiger charge is -2.20. The van der Waals surface area contributed by atoms with E-state index in [0.717, 1.165) is 5.69 Å². The predicted molar refractivity (Wildman–Crippen MR) is 62.6 cm³/mol. The standard InChI is InChI=1S/C12H13F3N4/c1-8-4-10-16-5-9(7-19(10)18-8)6-17-11(2-3-11)12(13,14)15/h4-5,7,17H,2-3,6H2,1H3. The highest BCUT2D eigenvalue weighted by atomic mass is 19.4. The third-order valence-corrected chi connectivity index (χ3v) is 3.41. The van der Waals surface area contributed by atoms with E-state index in [-0.39, 0.29) is 19.4 Å². The number of nitrogens with zero attached hydrogens (tertiary/aromatic N) is 3. The Kier molecular flexibility index (Phi) is 2.57. The number of halogens is 3. The summed E-state index contributed by atoms with van der Waals surface area (Å²) in [5.74, 6) is 0. The first kappa shape index (κ1) is 12.4. The van der Waals surface area contributed by atoms with E-state index in [2.05, 4.69) is 15.4 Å². The average Bonchev–Trinajstić information content (AvgIpc) is 3.02. The van der Waals surface area contributed by atoms with Crippen LogP contribution in [0.25, 0.3) is 5.65 Å². The van der Waals surface area contributed by atoms with Crippen LogP contribution in [0.15, 0.2) is 18.5 Å². The number of hydrogen-bond acceptors (Lipinski definition) is 3. The molecule has 0 spiro atoms. The van der Waals surface area contributed by atoms with Crippen molar-refractivity contribution < 1.29 is 13.2 Å². The number of fused-ring (bicyclic) bond motifs is 1. The molecule has 4 nitrogen and oxygen atoms in total.